The largest absolute Gasteiger partial charge is 0.345 e. The summed E-state index contributed by atoms with van der Waals surface area (Å²) in [5.41, 5.74) is 2.53. The summed E-state index contributed by atoms with van der Waals surface area (Å²) in [4.78, 5) is 19.7. The van der Waals surface area contributed by atoms with Gasteiger partial charge in [-0.2, -0.15) is 5.26 Å². The van der Waals surface area contributed by atoms with Crippen LogP contribution in [0.3, 0.4) is 0 Å². The fourth-order valence-electron chi connectivity index (χ4n) is 10.9. The first-order valence-electron chi connectivity index (χ1n) is 19.6. The van der Waals surface area contributed by atoms with Gasteiger partial charge in [-0.1, -0.05) is 44.7 Å². The Hall–Kier alpha value is -2.35. The number of likely N-dealkylation sites (N-methyl/N-ethyl adjacent to an activating group) is 1. The maximum absolute atomic E-state index is 14.9. The lowest BCUT2D eigenvalue weighted by Gasteiger charge is -2.61. The van der Waals surface area contributed by atoms with Crippen molar-refractivity contribution in [2.45, 2.75) is 138 Å². The molecule has 3 saturated heterocycles. The van der Waals surface area contributed by atoms with Gasteiger partial charge in [-0.25, -0.2) is 4.39 Å². The monoisotopic (exact) mass is 674 g/mol. The zero-order chi connectivity index (χ0) is 34.0. The van der Waals surface area contributed by atoms with Gasteiger partial charge in [-0.05, 0) is 113 Å². The van der Waals surface area contributed by atoms with Crippen LogP contribution in [0.15, 0.2) is 30.9 Å². The first-order valence-corrected chi connectivity index (χ1v) is 19.6. The molecule has 1 spiro atoms. The fraction of sp³-hybridized carbons (Fsp3) is 0.750. The molecule has 2 N–H and O–H groups in total. The quantitative estimate of drug-likeness (QED) is 0.353. The molecule has 0 bridgehead atoms. The average Bonchev–Trinajstić information content (AvgIpc) is 3.51. The van der Waals surface area contributed by atoms with Gasteiger partial charge in [0.25, 0.3) is 0 Å². The Morgan fingerprint density at radius 3 is 2.61 bits per heavy atom. The van der Waals surface area contributed by atoms with Crippen LogP contribution in [0.25, 0.3) is 0 Å². The van der Waals surface area contributed by atoms with E-state index in [0.717, 1.165) is 70.9 Å². The van der Waals surface area contributed by atoms with E-state index in [1.165, 1.54) is 55.7 Å². The van der Waals surface area contributed by atoms with Crippen LogP contribution < -0.4 is 10.6 Å². The van der Waals surface area contributed by atoms with E-state index in [4.69, 9.17) is 4.74 Å². The number of fused-ring (bicyclic) bond motifs is 3. The molecule has 7 atom stereocenters. The summed E-state index contributed by atoms with van der Waals surface area (Å²) in [5, 5.41) is 18.3. The van der Waals surface area contributed by atoms with Crippen molar-refractivity contribution in [3.8, 4) is 6.07 Å². The number of nitriles is 1. The van der Waals surface area contributed by atoms with Crippen molar-refractivity contribution < 1.29 is 13.9 Å². The van der Waals surface area contributed by atoms with Crippen molar-refractivity contribution in [2.75, 3.05) is 39.8 Å². The Kier molecular flexibility index (Phi) is 10.8. The lowest BCUT2D eigenvalue weighted by Crippen LogP contribution is -2.80. The average molecular weight is 675 g/mol. The molecule has 0 radical (unpaired) electrons. The van der Waals surface area contributed by atoms with Crippen LogP contribution in [0.4, 0.5) is 4.39 Å². The molecule has 2 saturated carbocycles. The minimum absolute atomic E-state index is 0.0392. The van der Waals surface area contributed by atoms with Gasteiger partial charge in [0.1, 0.15) is 5.82 Å². The lowest BCUT2D eigenvalue weighted by molar-refractivity contribution is -0.208. The van der Waals surface area contributed by atoms with E-state index in [1.54, 1.807) is 6.07 Å². The minimum Gasteiger partial charge on any atom is -0.345 e. The Morgan fingerprint density at radius 2 is 1.86 bits per heavy atom. The molecule has 8 nitrogen and oxygen atoms in total. The van der Waals surface area contributed by atoms with Gasteiger partial charge in [-0.15, -0.1) is 0 Å². The van der Waals surface area contributed by atoms with E-state index >= 15 is 0 Å². The summed E-state index contributed by atoms with van der Waals surface area (Å²) < 4.78 is 22.3. The number of piperazine rings is 1. The molecule has 1 amide bonds. The van der Waals surface area contributed by atoms with E-state index in [-0.39, 0.29) is 35.4 Å². The number of amides is 1. The third-order valence-electron chi connectivity index (χ3n) is 13.5. The second-order valence-electron chi connectivity index (χ2n) is 16.3. The van der Waals surface area contributed by atoms with E-state index in [9.17, 15) is 14.4 Å². The Morgan fingerprint density at radius 1 is 1.04 bits per heavy atom. The number of aryl methyl sites for hydroxylation is 1. The smallest absolute Gasteiger partial charge is 0.246 e. The van der Waals surface area contributed by atoms with Gasteiger partial charge in [-0.3, -0.25) is 20.3 Å². The zero-order valence-corrected chi connectivity index (χ0v) is 29.8. The van der Waals surface area contributed by atoms with E-state index in [2.05, 4.69) is 40.1 Å². The van der Waals surface area contributed by atoms with Gasteiger partial charge >= 0.3 is 0 Å². The number of rotatable bonds is 7. The molecule has 0 aromatic heterocycles. The maximum atomic E-state index is 14.9. The molecule has 4 unspecified atom stereocenters. The van der Waals surface area contributed by atoms with Crippen LogP contribution in [0.5, 0.6) is 0 Å². The van der Waals surface area contributed by atoms with Crippen molar-refractivity contribution in [1.29, 1.82) is 5.26 Å². The van der Waals surface area contributed by atoms with E-state index < -0.39 is 5.85 Å². The highest BCUT2D eigenvalue weighted by Gasteiger charge is 2.56. The van der Waals surface area contributed by atoms with Crippen LogP contribution in [0.2, 0.25) is 0 Å². The van der Waals surface area contributed by atoms with Crippen LogP contribution in [-0.4, -0.2) is 90.6 Å². The molecular formula is C40H59FN6O2. The normalized spacial score (nSPS) is 36.3. The molecule has 7 rings (SSSR count). The maximum Gasteiger partial charge on any atom is 0.246 e. The number of hydrogen-bond acceptors (Lipinski definition) is 7. The van der Waals surface area contributed by atoms with Crippen LogP contribution in [0.1, 0.15) is 107 Å². The van der Waals surface area contributed by atoms with Crippen molar-refractivity contribution in [3.63, 3.8) is 0 Å². The molecule has 3 aliphatic carbocycles. The molecule has 268 valence electrons. The molecule has 1 aromatic carbocycles. The number of benzene rings is 1. The number of likely N-dealkylation sites (tertiary alicyclic amines) is 1. The molecule has 3 aliphatic heterocycles. The number of nitrogens with one attached hydrogen (secondary N) is 2. The topological polar surface area (TPSA) is 83.9 Å². The second-order valence-corrected chi connectivity index (χ2v) is 16.3. The number of carbonyl (C=O) groups excluding carboxylic acids is 1. The standard InChI is InChI=1S/C40H59FN6O2/c1-3-37(48)47-24-23-46(27-32(47)18-21-42)38-34-17-20-39(19-9-11-29-15-16-31(41)25-35(29)39)26-36(34)43-40(44-38,30-12-7-5-4-6-8-13-30)49-28-33-14-10-22-45(33)2/h3,15-16,25,30,32-34,36,38,43-44H,1,4-14,17-20,22-24,26-28H2,2H3/t32-,33-,34?,36?,38?,39+,40?/m1/s1. The summed E-state index contributed by atoms with van der Waals surface area (Å²) >= 11 is 0. The second kappa shape index (κ2) is 15.1. The summed E-state index contributed by atoms with van der Waals surface area (Å²) in [7, 11) is 2.23. The minimum atomic E-state index is -0.677. The molecule has 9 heteroatoms. The number of ether oxygens (including phenoxy) is 1. The van der Waals surface area contributed by atoms with Gasteiger partial charge < -0.3 is 14.5 Å². The zero-order valence-electron chi connectivity index (χ0n) is 29.8. The molecule has 6 aliphatic rings. The summed E-state index contributed by atoms with van der Waals surface area (Å²) in [6.45, 7) is 7.53. The predicted octanol–water partition coefficient (Wildman–Crippen LogP) is 5.82. The highest BCUT2D eigenvalue weighted by atomic mass is 19.1. The van der Waals surface area contributed by atoms with Crippen LogP contribution in [-0.2, 0) is 21.4 Å². The molecule has 1 aromatic rings. The van der Waals surface area contributed by atoms with E-state index in [1.807, 2.05) is 17.0 Å². The Balaban J connectivity index is 1.25. The van der Waals surface area contributed by atoms with Gasteiger partial charge in [0.15, 0.2) is 5.85 Å². The third-order valence-corrected chi connectivity index (χ3v) is 13.5. The number of halogens is 1. The van der Waals surface area contributed by atoms with Gasteiger partial charge in [0.05, 0.1) is 31.3 Å². The van der Waals surface area contributed by atoms with Gasteiger partial charge in [0, 0.05) is 43.6 Å². The first-order chi connectivity index (χ1) is 23.8. The fourth-order valence-corrected chi connectivity index (χ4v) is 10.9. The van der Waals surface area contributed by atoms with E-state index in [0.29, 0.717) is 44.0 Å². The Labute approximate surface area is 293 Å². The van der Waals surface area contributed by atoms with Crippen molar-refractivity contribution in [1.82, 2.24) is 25.3 Å². The molecule has 49 heavy (non-hydrogen) atoms. The van der Waals surface area contributed by atoms with Crippen molar-refractivity contribution in [3.05, 3.63) is 47.8 Å². The molecule has 3 heterocycles. The molecular weight excluding hydrogens is 615 g/mol. The highest BCUT2D eigenvalue weighted by Crippen LogP contribution is 2.52. The highest BCUT2D eigenvalue weighted by molar-refractivity contribution is 5.87. The van der Waals surface area contributed by atoms with Crippen molar-refractivity contribution >= 4 is 5.91 Å². The third kappa shape index (κ3) is 7.10. The SMILES string of the molecule is C=CC(=O)N1CCN(C2NC(OC[C@H]3CCCN3C)(C3CCCCCCC3)NC3C[C@]4(CCCc5ccc(F)cc54)CCC32)C[C@H]1CC#N. The van der Waals surface area contributed by atoms with Crippen LogP contribution in [0, 0.1) is 29.0 Å². The summed E-state index contributed by atoms with van der Waals surface area (Å²) in [6, 6.07) is 8.33. The predicted molar refractivity (Wildman–Crippen MR) is 190 cm³/mol. The molecule has 5 fully saturated rings. The first kappa shape index (κ1) is 35.1. The number of carbonyl (C=O) groups is 1. The summed E-state index contributed by atoms with van der Waals surface area (Å²) in [6.07, 6.45) is 19.0. The number of hydrogen-bond donors (Lipinski definition) is 2. The van der Waals surface area contributed by atoms with Crippen molar-refractivity contribution in [2.24, 2.45) is 11.8 Å². The number of nitrogens with zero attached hydrogens (tertiary/aromatic N) is 4. The lowest BCUT2D eigenvalue weighted by atomic mass is 9.58. The van der Waals surface area contributed by atoms with Crippen LogP contribution >= 0.6 is 0 Å². The Bertz CT molecular complexity index is 1380. The van der Waals surface area contributed by atoms with Gasteiger partial charge in [0.2, 0.25) is 5.91 Å². The summed E-state index contributed by atoms with van der Waals surface area (Å²) in [5.74, 6) is -0.235.